The Hall–Kier alpha value is -3.84. The van der Waals surface area contributed by atoms with Crippen LogP contribution in [0.25, 0.3) is 17.1 Å². The van der Waals surface area contributed by atoms with Gasteiger partial charge in [-0.25, -0.2) is 4.68 Å². The van der Waals surface area contributed by atoms with Crippen LogP contribution < -0.4 is 10.6 Å². The molecule has 0 radical (unpaired) electrons. The predicted molar refractivity (Wildman–Crippen MR) is 115 cm³/mol. The quantitative estimate of drug-likeness (QED) is 0.475. The lowest BCUT2D eigenvalue weighted by Gasteiger charge is -2.11. The number of aromatic nitrogens is 2. The van der Waals surface area contributed by atoms with Crippen LogP contribution in [0.4, 0.5) is 11.4 Å². The molecule has 0 unspecified atom stereocenters. The van der Waals surface area contributed by atoms with Crippen molar-refractivity contribution in [1.82, 2.24) is 9.78 Å². The lowest BCUT2D eigenvalue weighted by Crippen LogP contribution is -2.17. The van der Waals surface area contributed by atoms with E-state index < -0.39 is 5.91 Å². The van der Waals surface area contributed by atoms with Crippen LogP contribution in [0.5, 0.6) is 0 Å². The third-order valence-corrected chi connectivity index (χ3v) is 4.57. The van der Waals surface area contributed by atoms with Gasteiger partial charge < -0.3 is 15.1 Å². The Morgan fingerprint density at radius 2 is 1.80 bits per heavy atom. The van der Waals surface area contributed by atoms with E-state index in [0.717, 1.165) is 5.69 Å². The van der Waals surface area contributed by atoms with Crippen LogP contribution in [0.15, 0.2) is 77.4 Å². The Bertz CT molecular complexity index is 1200. The molecule has 0 saturated carbocycles. The maximum Gasteiger partial charge on any atom is 0.274 e. The molecule has 0 aliphatic heterocycles. The van der Waals surface area contributed by atoms with Gasteiger partial charge >= 0.3 is 0 Å². The van der Waals surface area contributed by atoms with E-state index in [1.807, 2.05) is 30.3 Å². The van der Waals surface area contributed by atoms with Gasteiger partial charge in [0.05, 0.1) is 22.7 Å². The molecule has 2 amide bonds. The molecule has 2 N–H and O–H groups in total. The molecule has 0 bridgehead atoms. The Morgan fingerprint density at radius 3 is 2.47 bits per heavy atom. The number of carbonyl (C=O) groups excluding carboxylic acids is 2. The van der Waals surface area contributed by atoms with Gasteiger partial charge in [-0.2, -0.15) is 5.10 Å². The van der Waals surface area contributed by atoms with Crippen molar-refractivity contribution in [3.63, 3.8) is 0 Å². The minimum Gasteiger partial charge on any atom is -0.463 e. The number of hydrogen-bond donors (Lipinski definition) is 2. The first-order chi connectivity index (χ1) is 14.5. The van der Waals surface area contributed by atoms with E-state index in [9.17, 15) is 9.59 Å². The van der Waals surface area contributed by atoms with Crippen LogP contribution in [0.3, 0.4) is 0 Å². The molecule has 0 aliphatic carbocycles. The van der Waals surface area contributed by atoms with Crippen molar-refractivity contribution in [3.05, 3.63) is 83.7 Å². The Kier molecular flexibility index (Phi) is 5.36. The van der Waals surface area contributed by atoms with E-state index in [4.69, 9.17) is 16.0 Å². The second-order valence-corrected chi connectivity index (χ2v) is 6.88. The number of nitrogens with zero attached hydrogens (tertiary/aromatic N) is 2. The zero-order valence-corrected chi connectivity index (χ0v) is 16.7. The number of para-hydroxylation sites is 1. The van der Waals surface area contributed by atoms with Gasteiger partial charge in [0, 0.05) is 18.7 Å². The lowest BCUT2D eigenvalue weighted by atomic mass is 10.2. The molecule has 150 valence electrons. The predicted octanol–water partition coefficient (Wildman–Crippen LogP) is 5.00. The van der Waals surface area contributed by atoms with Crippen molar-refractivity contribution in [2.75, 3.05) is 10.6 Å². The molecule has 2 aromatic heterocycles. The minimum absolute atomic E-state index is 0.208. The summed E-state index contributed by atoms with van der Waals surface area (Å²) in [7, 11) is 0. The molecule has 4 rings (SSSR count). The van der Waals surface area contributed by atoms with Gasteiger partial charge in [-0.3, -0.25) is 9.59 Å². The van der Waals surface area contributed by atoms with Crippen LogP contribution in [-0.2, 0) is 4.79 Å². The second-order valence-electron chi connectivity index (χ2n) is 6.47. The highest BCUT2D eigenvalue weighted by Crippen LogP contribution is 2.27. The summed E-state index contributed by atoms with van der Waals surface area (Å²) in [6, 6.07) is 19.4. The zero-order chi connectivity index (χ0) is 21.1. The molecule has 0 spiro atoms. The SMILES string of the molecule is CC(=O)Nc1ccc(NC(=O)c2cc(-c3ccco3)nn2-c2ccccc2)c(Cl)c1. The summed E-state index contributed by atoms with van der Waals surface area (Å²) in [6.45, 7) is 1.41. The summed E-state index contributed by atoms with van der Waals surface area (Å²) >= 11 is 6.28. The topological polar surface area (TPSA) is 89.2 Å². The van der Waals surface area contributed by atoms with E-state index in [0.29, 0.717) is 33.5 Å². The second kappa shape index (κ2) is 8.26. The standard InChI is InChI=1S/C22H17ClN4O3/c1-14(28)24-15-9-10-18(17(23)12-15)25-22(29)20-13-19(21-8-5-11-30-21)26-27(20)16-6-3-2-4-7-16/h2-13H,1H3,(H,24,28)(H,25,29). The highest BCUT2D eigenvalue weighted by atomic mass is 35.5. The van der Waals surface area contributed by atoms with Crippen molar-refractivity contribution < 1.29 is 14.0 Å². The Labute approximate surface area is 177 Å². The molecular formula is C22H17ClN4O3. The molecule has 0 fully saturated rings. The van der Waals surface area contributed by atoms with Gasteiger partial charge in [0.1, 0.15) is 11.4 Å². The summed E-state index contributed by atoms with van der Waals surface area (Å²) in [4.78, 5) is 24.3. The number of nitrogens with one attached hydrogen (secondary N) is 2. The fraction of sp³-hybridized carbons (Fsp3) is 0.0455. The molecule has 8 heteroatoms. The Morgan fingerprint density at radius 1 is 1.00 bits per heavy atom. The highest BCUT2D eigenvalue weighted by Gasteiger charge is 2.19. The fourth-order valence-corrected chi connectivity index (χ4v) is 3.17. The first-order valence-corrected chi connectivity index (χ1v) is 9.47. The maximum absolute atomic E-state index is 13.1. The minimum atomic E-state index is -0.390. The molecule has 30 heavy (non-hydrogen) atoms. The number of amides is 2. The lowest BCUT2D eigenvalue weighted by molar-refractivity contribution is -0.114. The summed E-state index contributed by atoms with van der Waals surface area (Å²) in [5, 5.41) is 10.3. The number of rotatable bonds is 5. The first-order valence-electron chi connectivity index (χ1n) is 9.09. The van der Waals surface area contributed by atoms with Crippen molar-refractivity contribution >= 4 is 34.8 Å². The van der Waals surface area contributed by atoms with Crippen LogP contribution in [0, 0.1) is 0 Å². The normalized spacial score (nSPS) is 10.6. The van der Waals surface area contributed by atoms with Crippen molar-refractivity contribution in [3.8, 4) is 17.1 Å². The number of benzene rings is 2. The maximum atomic E-state index is 13.1. The molecule has 0 aliphatic rings. The summed E-state index contributed by atoms with van der Waals surface area (Å²) < 4.78 is 6.97. The summed E-state index contributed by atoms with van der Waals surface area (Å²) in [5.74, 6) is -0.0465. The number of anilines is 2. The number of hydrogen-bond acceptors (Lipinski definition) is 4. The Balaban J connectivity index is 1.67. The van der Waals surface area contributed by atoms with Crippen LogP contribution in [0.2, 0.25) is 5.02 Å². The average molecular weight is 421 g/mol. The summed E-state index contributed by atoms with van der Waals surface area (Å²) in [5.41, 5.74) is 2.53. The smallest absolute Gasteiger partial charge is 0.274 e. The largest absolute Gasteiger partial charge is 0.463 e. The van der Waals surface area contributed by atoms with Gasteiger partial charge in [0.25, 0.3) is 5.91 Å². The molecule has 2 aromatic carbocycles. The zero-order valence-electron chi connectivity index (χ0n) is 15.9. The molecule has 7 nitrogen and oxygen atoms in total. The number of halogens is 1. The number of carbonyl (C=O) groups is 2. The fourth-order valence-electron chi connectivity index (χ4n) is 2.94. The highest BCUT2D eigenvalue weighted by molar-refractivity contribution is 6.34. The van der Waals surface area contributed by atoms with E-state index in [2.05, 4.69) is 15.7 Å². The van der Waals surface area contributed by atoms with Crippen molar-refractivity contribution in [2.24, 2.45) is 0 Å². The average Bonchev–Trinajstić information content (AvgIpc) is 3.40. The van der Waals surface area contributed by atoms with E-state index in [1.165, 1.54) is 6.92 Å². The molecule has 2 heterocycles. The van der Waals surface area contributed by atoms with Crippen molar-refractivity contribution in [2.45, 2.75) is 6.92 Å². The molecule has 0 saturated heterocycles. The number of furan rings is 1. The molecular weight excluding hydrogens is 404 g/mol. The third kappa shape index (κ3) is 4.11. The van der Waals surface area contributed by atoms with Gasteiger partial charge in [0.2, 0.25) is 5.91 Å². The first kappa shape index (κ1) is 19.5. The summed E-state index contributed by atoms with van der Waals surface area (Å²) in [6.07, 6.45) is 1.55. The monoisotopic (exact) mass is 420 g/mol. The van der Waals surface area contributed by atoms with Crippen molar-refractivity contribution in [1.29, 1.82) is 0 Å². The van der Waals surface area contributed by atoms with Crippen LogP contribution in [0.1, 0.15) is 17.4 Å². The van der Waals surface area contributed by atoms with E-state index in [-0.39, 0.29) is 5.91 Å². The third-order valence-electron chi connectivity index (χ3n) is 4.25. The van der Waals surface area contributed by atoms with Gasteiger partial charge in [-0.1, -0.05) is 29.8 Å². The molecule has 4 aromatic rings. The van der Waals surface area contributed by atoms with E-state index >= 15 is 0 Å². The van der Waals surface area contributed by atoms with Gasteiger partial charge in [-0.15, -0.1) is 0 Å². The van der Waals surface area contributed by atoms with Crippen LogP contribution >= 0.6 is 11.6 Å². The van der Waals surface area contributed by atoms with E-state index in [1.54, 1.807) is 47.3 Å². The molecule has 0 atom stereocenters. The van der Waals surface area contributed by atoms with Crippen LogP contribution in [-0.4, -0.2) is 21.6 Å². The van der Waals surface area contributed by atoms with Gasteiger partial charge in [0.15, 0.2) is 5.76 Å². The van der Waals surface area contributed by atoms with Gasteiger partial charge in [-0.05, 0) is 42.5 Å².